The smallest absolute Gasteiger partial charge is 0.364 e. The summed E-state index contributed by atoms with van der Waals surface area (Å²) in [5.41, 5.74) is 1.45. The van der Waals surface area contributed by atoms with Gasteiger partial charge in [0.2, 0.25) is 0 Å². The van der Waals surface area contributed by atoms with Crippen molar-refractivity contribution in [1.29, 1.82) is 0 Å². The lowest BCUT2D eigenvalue weighted by Gasteiger charge is -2.23. The van der Waals surface area contributed by atoms with Crippen LogP contribution in [0.1, 0.15) is 47.4 Å². The topological polar surface area (TPSA) is 136 Å². The highest BCUT2D eigenvalue weighted by molar-refractivity contribution is 6.61. The summed E-state index contributed by atoms with van der Waals surface area (Å²) < 4.78 is 0. The van der Waals surface area contributed by atoms with Crippen LogP contribution in [-0.4, -0.2) is 50.6 Å². The van der Waals surface area contributed by atoms with E-state index in [2.05, 4.69) is 10.5 Å². The zero-order valence-electron chi connectivity index (χ0n) is 13.6. The number of carbonyl (C=O) groups is 4. The minimum absolute atomic E-state index is 0.0540. The number of hydrogen-bond acceptors (Lipinski definition) is 6. The monoisotopic (exact) mass is 347 g/mol. The maximum Gasteiger partial charge on any atom is 0.364 e. The Hall–Kier alpha value is -3.23. The molecule has 0 aliphatic carbocycles. The summed E-state index contributed by atoms with van der Waals surface area (Å²) in [5.74, 6) is -4.40. The van der Waals surface area contributed by atoms with Crippen LogP contribution in [0.4, 0.5) is 5.69 Å². The Morgan fingerprint density at radius 1 is 1.12 bits per heavy atom. The quantitative estimate of drug-likeness (QED) is 0.293. The number of carbonyl (C=O) groups excluding carboxylic acids is 2. The van der Waals surface area contributed by atoms with Gasteiger partial charge >= 0.3 is 11.9 Å². The van der Waals surface area contributed by atoms with E-state index in [1.165, 1.54) is 23.1 Å². The first-order valence-electron chi connectivity index (χ1n) is 7.64. The number of benzene rings is 1. The highest BCUT2D eigenvalue weighted by Crippen LogP contribution is 2.32. The molecule has 2 amide bonds. The molecule has 25 heavy (non-hydrogen) atoms. The molecule has 1 aromatic rings. The normalized spacial score (nSPS) is 13.0. The predicted molar refractivity (Wildman–Crippen MR) is 87.6 cm³/mol. The van der Waals surface area contributed by atoms with Crippen LogP contribution in [0.15, 0.2) is 23.3 Å². The van der Waals surface area contributed by atoms with Crippen molar-refractivity contribution in [2.45, 2.75) is 32.7 Å². The standard InChI is InChI=1S/C16H17N3O6/c1-3-8(4-2)19-13(20)9-6-5-7-10(11(9)14(19)21)17-18-12(15(22)23)16(24)25/h5-8,17H,3-4H2,1-2H3,(H,22,23)(H,24,25). The van der Waals surface area contributed by atoms with Gasteiger partial charge < -0.3 is 10.2 Å². The summed E-state index contributed by atoms with van der Waals surface area (Å²) >= 11 is 0. The van der Waals surface area contributed by atoms with Crippen molar-refractivity contribution < 1.29 is 29.4 Å². The van der Waals surface area contributed by atoms with E-state index < -0.39 is 29.5 Å². The Morgan fingerprint density at radius 3 is 2.24 bits per heavy atom. The summed E-state index contributed by atoms with van der Waals surface area (Å²) in [6, 6.07) is 4.16. The molecule has 0 fully saturated rings. The average molecular weight is 347 g/mol. The van der Waals surface area contributed by atoms with Crippen molar-refractivity contribution in [3.63, 3.8) is 0 Å². The number of amides is 2. The van der Waals surface area contributed by atoms with Gasteiger partial charge in [0.25, 0.3) is 17.5 Å². The average Bonchev–Trinajstić information content (AvgIpc) is 2.81. The Balaban J connectivity index is 2.44. The second-order valence-corrected chi connectivity index (χ2v) is 5.36. The van der Waals surface area contributed by atoms with Gasteiger partial charge in [-0.1, -0.05) is 19.9 Å². The maximum atomic E-state index is 12.7. The number of rotatable bonds is 7. The molecule has 0 saturated carbocycles. The Bertz CT molecular complexity index is 766. The lowest BCUT2D eigenvalue weighted by molar-refractivity contribution is -0.134. The molecule has 0 atom stereocenters. The second kappa shape index (κ2) is 7.12. The first-order valence-corrected chi connectivity index (χ1v) is 7.64. The zero-order valence-corrected chi connectivity index (χ0v) is 13.6. The Kier molecular flexibility index (Phi) is 5.16. The van der Waals surface area contributed by atoms with Crippen LogP contribution in [0.2, 0.25) is 0 Å². The fourth-order valence-corrected chi connectivity index (χ4v) is 2.69. The summed E-state index contributed by atoms with van der Waals surface area (Å²) in [4.78, 5) is 48.1. The highest BCUT2D eigenvalue weighted by Gasteiger charge is 2.40. The third-order valence-corrected chi connectivity index (χ3v) is 3.95. The molecule has 0 bridgehead atoms. The lowest BCUT2D eigenvalue weighted by Crippen LogP contribution is -2.39. The van der Waals surface area contributed by atoms with Crippen LogP contribution in [0.5, 0.6) is 0 Å². The van der Waals surface area contributed by atoms with Gasteiger partial charge in [0.1, 0.15) is 0 Å². The molecule has 0 radical (unpaired) electrons. The zero-order chi connectivity index (χ0) is 18.7. The van der Waals surface area contributed by atoms with E-state index in [1.54, 1.807) is 0 Å². The van der Waals surface area contributed by atoms with Gasteiger partial charge in [-0.15, -0.1) is 0 Å². The van der Waals surface area contributed by atoms with Crippen LogP contribution >= 0.6 is 0 Å². The van der Waals surface area contributed by atoms with Gasteiger partial charge in [-0.05, 0) is 25.0 Å². The third-order valence-electron chi connectivity index (χ3n) is 3.95. The molecular formula is C16H17N3O6. The van der Waals surface area contributed by atoms with E-state index >= 15 is 0 Å². The molecule has 1 aromatic carbocycles. The van der Waals surface area contributed by atoms with Crippen LogP contribution < -0.4 is 5.43 Å². The van der Waals surface area contributed by atoms with Crippen LogP contribution in [0.3, 0.4) is 0 Å². The number of nitrogens with one attached hydrogen (secondary N) is 1. The first kappa shape index (κ1) is 18.1. The number of aliphatic carboxylic acids is 2. The van der Waals surface area contributed by atoms with Gasteiger partial charge in [-0.3, -0.25) is 19.9 Å². The molecule has 1 heterocycles. The van der Waals surface area contributed by atoms with Crippen molar-refractivity contribution >= 4 is 35.2 Å². The molecule has 3 N–H and O–H groups in total. The van der Waals surface area contributed by atoms with Crippen molar-refractivity contribution in [3.8, 4) is 0 Å². The van der Waals surface area contributed by atoms with Crippen molar-refractivity contribution in [3.05, 3.63) is 29.3 Å². The fraction of sp³-hybridized carbons (Fsp3) is 0.312. The lowest BCUT2D eigenvalue weighted by atomic mass is 10.1. The molecule has 0 saturated heterocycles. The van der Waals surface area contributed by atoms with Crippen LogP contribution in [0.25, 0.3) is 0 Å². The number of hydrazone groups is 1. The number of imide groups is 1. The van der Waals surface area contributed by atoms with Crippen molar-refractivity contribution in [1.82, 2.24) is 4.90 Å². The van der Waals surface area contributed by atoms with Gasteiger partial charge in [-0.2, -0.15) is 5.10 Å². The largest absolute Gasteiger partial charge is 0.476 e. The molecule has 132 valence electrons. The number of carboxylic acid groups (broad SMARTS) is 2. The summed E-state index contributed by atoms with van der Waals surface area (Å²) in [7, 11) is 0. The fourth-order valence-electron chi connectivity index (χ4n) is 2.69. The van der Waals surface area contributed by atoms with Gasteiger partial charge in [0.05, 0.1) is 16.8 Å². The predicted octanol–water partition coefficient (Wildman–Crippen LogP) is 1.41. The first-order chi connectivity index (χ1) is 11.8. The van der Waals surface area contributed by atoms with E-state index in [1.807, 2.05) is 13.8 Å². The highest BCUT2D eigenvalue weighted by atomic mass is 16.4. The Labute approximate surface area is 142 Å². The maximum absolute atomic E-state index is 12.7. The van der Waals surface area contributed by atoms with Crippen molar-refractivity contribution in [2.75, 3.05) is 5.43 Å². The number of carboxylic acids is 2. The summed E-state index contributed by atoms with van der Waals surface area (Å²) in [5, 5.41) is 20.9. The molecule has 0 unspecified atom stereocenters. The molecule has 9 heteroatoms. The van der Waals surface area contributed by atoms with Crippen LogP contribution in [0, 0.1) is 0 Å². The second-order valence-electron chi connectivity index (χ2n) is 5.36. The SMILES string of the molecule is CCC(CC)N1C(=O)c2cccc(NN=C(C(=O)O)C(=O)O)c2C1=O. The summed E-state index contributed by atoms with van der Waals surface area (Å²) in [6.45, 7) is 3.74. The Morgan fingerprint density at radius 2 is 1.72 bits per heavy atom. The minimum atomic E-state index is -1.73. The number of hydrogen-bond donors (Lipinski definition) is 3. The van der Waals surface area contributed by atoms with E-state index in [0.29, 0.717) is 12.8 Å². The van der Waals surface area contributed by atoms with Gasteiger partial charge in [-0.25, -0.2) is 9.59 Å². The summed E-state index contributed by atoms with van der Waals surface area (Å²) in [6.07, 6.45) is 1.20. The van der Waals surface area contributed by atoms with Crippen molar-refractivity contribution in [2.24, 2.45) is 5.10 Å². The van der Waals surface area contributed by atoms with Crippen LogP contribution in [-0.2, 0) is 9.59 Å². The van der Waals surface area contributed by atoms with Gasteiger partial charge in [0.15, 0.2) is 0 Å². The van der Waals surface area contributed by atoms with E-state index in [-0.39, 0.29) is 22.9 Å². The molecule has 1 aliphatic rings. The number of nitrogens with zero attached hydrogens (tertiary/aromatic N) is 2. The third kappa shape index (κ3) is 3.21. The minimum Gasteiger partial charge on any atom is -0.476 e. The number of fused-ring (bicyclic) bond motifs is 1. The molecule has 0 aromatic heterocycles. The number of anilines is 1. The molecular weight excluding hydrogens is 330 g/mol. The molecule has 1 aliphatic heterocycles. The molecule has 0 spiro atoms. The van der Waals surface area contributed by atoms with E-state index in [9.17, 15) is 19.2 Å². The molecule has 2 rings (SSSR count). The molecule has 9 nitrogen and oxygen atoms in total. The van der Waals surface area contributed by atoms with E-state index in [4.69, 9.17) is 10.2 Å². The van der Waals surface area contributed by atoms with E-state index in [0.717, 1.165) is 0 Å². The van der Waals surface area contributed by atoms with Gasteiger partial charge in [0, 0.05) is 6.04 Å².